The SMILES string of the molecule is CC.CN1CC23Cc4ccc(O)cc4[C@@](C)(C2)[C@@H](N(C)S(=O)(=O)Cc2ccccc2)C13. The molecule has 1 spiro atoms. The van der Waals surface area contributed by atoms with Crippen molar-refractivity contribution in [3.05, 3.63) is 65.2 Å². The molecule has 4 atom stereocenters. The normalized spacial score (nSPS) is 31.3. The average molecular weight is 443 g/mol. The smallest absolute Gasteiger partial charge is 0.218 e. The highest BCUT2D eigenvalue weighted by atomic mass is 32.2. The molecular weight excluding hydrogens is 408 g/mol. The van der Waals surface area contributed by atoms with Gasteiger partial charge in [0.1, 0.15) is 5.75 Å². The fraction of sp³-hybridized carbons (Fsp3) is 0.520. The van der Waals surface area contributed by atoms with Crippen LogP contribution in [0.3, 0.4) is 0 Å². The van der Waals surface area contributed by atoms with Gasteiger partial charge in [0.05, 0.1) is 11.8 Å². The number of fused-ring (bicyclic) bond motifs is 3. The summed E-state index contributed by atoms with van der Waals surface area (Å²) < 4.78 is 28.5. The Morgan fingerprint density at radius 2 is 1.84 bits per heavy atom. The lowest BCUT2D eigenvalue weighted by atomic mass is 9.63. The van der Waals surface area contributed by atoms with Crippen LogP contribution in [0.15, 0.2) is 48.5 Å². The van der Waals surface area contributed by atoms with Gasteiger partial charge in [0.25, 0.3) is 0 Å². The van der Waals surface area contributed by atoms with Gasteiger partial charge in [-0.25, -0.2) is 8.42 Å². The summed E-state index contributed by atoms with van der Waals surface area (Å²) in [5.41, 5.74) is 2.97. The summed E-state index contributed by atoms with van der Waals surface area (Å²) in [6.45, 7) is 7.19. The van der Waals surface area contributed by atoms with E-state index in [0.717, 1.165) is 30.5 Å². The number of hydrogen-bond acceptors (Lipinski definition) is 4. The van der Waals surface area contributed by atoms with E-state index < -0.39 is 10.0 Å². The molecule has 2 fully saturated rings. The predicted molar refractivity (Wildman–Crippen MR) is 125 cm³/mol. The Hall–Kier alpha value is -1.89. The summed E-state index contributed by atoms with van der Waals surface area (Å²) in [7, 11) is 0.360. The van der Waals surface area contributed by atoms with Crippen LogP contribution in [0.25, 0.3) is 0 Å². The van der Waals surface area contributed by atoms with Crippen molar-refractivity contribution in [3.8, 4) is 5.75 Å². The molecule has 1 saturated carbocycles. The number of hydrogen-bond donors (Lipinski definition) is 1. The van der Waals surface area contributed by atoms with Crippen molar-refractivity contribution in [2.75, 3.05) is 20.6 Å². The summed E-state index contributed by atoms with van der Waals surface area (Å²) in [6.07, 6.45) is 1.91. The van der Waals surface area contributed by atoms with Gasteiger partial charge in [0.15, 0.2) is 0 Å². The largest absolute Gasteiger partial charge is 0.508 e. The van der Waals surface area contributed by atoms with E-state index in [1.165, 1.54) is 5.56 Å². The fourth-order valence-electron chi connectivity index (χ4n) is 6.73. The number of sulfonamides is 1. The number of aromatic hydroxyl groups is 1. The van der Waals surface area contributed by atoms with Crippen molar-refractivity contribution in [1.29, 1.82) is 0 Å². The maximum absolute atomic E-state index is 13.4. The van der Waals surface area contributed by atoms with Crippen molar-refractivity contribution in [3.63, 3.8) is 0 Å². The fourth-order valence-corrected chi connectivity index (χ4v) is 8.24. The second-order valence-electron chi connectivity index (χ2n) is 9.54. The van der Waals surface area contributed by atoms with Crippen LogP contribution in [0, 0.1) is 5.41 Å². The van der Waals surface area contributed by atoms with Gasteiger partial charge in [-0.05, 0) is 48.7 Å². The van der Waals surface area contributed by atoms with Crippen LogP contribution < -0.4 is 0 Å². The van der Waals surface area contributed by atoms with Crippen molar-refractivity contribution < 1.29 is 13.5 Å². The summed E-state index contributed by atoms with van der Waals surface area (Å²) >= 11 is 0. The van der Waals surface area contributed by atoms with Crippen molar-refractivity contribution in [2.24, 2.45) is 5.41 Å². The van der Waals surface area contributed by atoms with Gasteiger partial charge in [-0.1, -0.05) is 57.2 Å². The first-order valence-corrected chi connectivity index (χ1v) is 12.8. The van der Waals surface area contributed by atoms with Crippen molar-refractivity contribution in [2.45, 2.75) is 56.9 Å². The minimum absolute atomic E-state index is 0.00719. The lowest BCUT2D eigenvalue weighted by Gasteiger charge is -2.55. The highest BCUT2D eigenvalue weighted by Gasteiger charge is 2.70. The van der Waals surface area contributed by atoms with E-state index in [1.807, 2.05) is 56.3 Å². The Labute approximate surface area is 186 Å². The second kappa shape index (κ2) is 7.61. The van der Waals surface area contributed by atoms with E-state index in [-0.39, 0.29) is 34.4 Å². The number of likely N-dealkylation sites (tertiary alicyclic amines) is 1. The quantitative estimate of drug-likeness (QED) is 0.783. The topological polar surface area (TPSA) is 60.9 Å². The molecule has 1 N–H and O–H groups in total. The van der Waals surface area contributed by atoms with Gasteiger partial charge >= 0.3 is 0 Å². The summed E-state index contributed by atoms with van der Waals surface area (Å²) in [6, 6.07) is 15.1. The molecule has 2 aromatic rings. The number of phenols is 1. The van der Waals surface area contributed by atoms with Gasteiger partial charge in [0.2, 0.25) is 10.0 Å². The number of rotatable bonds is 4. The number of benzene rings is 2. The van der Waals surface area contributed by atoms with Crippen LogP contribution >= 0.6 is 0 Å². The Kier molecular flexibility index (Phi) is 5.48. The van der Waals surface area contributed by atoms with Crippen LogP contribution in [0.1, 0.15) is 43.9 Å². The minimum atomic E-state index is -3.49. The lowest BCUT2D eigenvalue weighted by Crippen LogP contribution is -2.67. The molecule has 2 bridgehead atoms. The summed E-state index contributed by atoms with van der Waals surface area (Å²) in [4.78, 5) is 2.32. The summed E-state index contributed by atoms with van der Waals surface area (Å²) in [5.74, 6) is 0.259. The highest BCUT2D eigenvalue weighted by Crippen LogP contribution is 2.64. The first-order valence-electron chi connectivity index (χ1n) is 11.2. The molecule has 2 aromatic carbocycles. The standard InChI is InChI=1S/C23H28N2O3S.C2H6/c1-22-14-23(12-17-9-10-18(26)11-19(17)22)15-24(2)21(23)20(22)25(3)29(27,28)13-16-7-5-4-6-8-16;1-2/h4-11,20-21,26H,12-15H2,1-3H3;1-2H3/t20-,21?,22+,23?;/m0./s1. The molecule has 0 aromatic heterocycles. The molecule has 31 heavy (non-hydrogen) atoms. The maximum atomic E-state index is 13.4. The Morgan fingerprint density at radius 1 is 1.16 bits per heavy atom. The van der Waals surface area contributed by atoms with Gasteiger partial charge in [-0.3, -0.25) is 0 Å². The van der Waals surface area contributed by atoms with Crippen molar-refractivity contribution >= 4 is 10.0 Å². The Balaban J connectivity index is 0.00000112. The van der Waals surface area contributed by atoms with Crippen molar-refractivity contribution in [1.82, 2.24) is 9.21 Å². The molecule has 1 heterocycles. The predicted octanol–water partition coefficient (Wildman–Crippen LogP) is 3.77. The first-order chi connectivity index (χ1) is 14.7. The van der Waals surface area contributed by atoms with Gasteiger partial charge in [-0.2, -0.15) is 4.31 Å². The monoisotopic (exact) mass is 442 g/mol. The van der Waals surface area contributed by atoms with E-state index in [0.29, 0.717) is 0 Å². The first kappa shape index (κ1) is 22.3. The van der Waals surface area contributed by atoms with Gasteiger partial charge in [-0.15, -0.1) is 0 Å². The average Bonchev–Trinajstić information content (AvgIpc) is 2.90. The molecule has 1 aliphatic heterocycles. The van der Waals surface area contributed by atoms with E-state index in [1.54, 1.807) is 17.4 Å². The van der Waals surface area contributed by atoms with Crippen LogP contribution in [-0.4, -0.2) is 55.5 Å². The van der Waals surface area contributed by atoms with Crippen LogP contribution in [0.5, 0.6) is 5.75 Å². The zero-order valence-corrected chi connectivity index (χ0v) is 20.0. The minimum Gasteiger partial charge on any atom is -0.508 e. The van der Waals surface area contributed by atoms with E-state index in [2.05, 4.69) is 18.9 Å². The van der Waals surface area contributed by atoms with Crippen LogP contribution in [0.4, 0.5) is 0 Å². The molecule has 2 aliphatic carbocycles. The third-order valence-electron chi connectivity index (χ3n) is 7.61. The number of likely N-dealkylation sites (N-methyl/N-ethyl adjacent to an activating group) is 2. The van der Waals surface area contributed by atoms with E-state index in [9.17, 15) is 13.5 Å². The number of nitrogens with zero attached hydrogens (tertiary/aromatic N) is 2. The molecule has 6 heteroatoms. The lowest BCUT2D eigenvalue weighted by molar-refractivity contribution is -0.0492. The van der Waals surface area contributed by atoms with Crippen LogP contribution in [0.2, 0.25) is 0 Å². The van der Waals surface area contributed by atoms with Crippen LogP contribution in [-0.2, 0) is 27.6 Å². The molecule has 1 saturated heterocycles. The third kappa shape index (κ3) is 3.31. The summed E-state index contributed by atoms with van der Waals surface area (Å²) in [5, 5.41) is 10.2. The molecule has 0 amide bonds. The molecule has 2 unspecified atom stereocenters. The van der Waals surface area contributed by atoms with E-state index >= 15 is 0 Å². The molecule has 5 rings (SSSR count). The maximum Gasteiger partial charge on any atom is 0.218 e. The zero-order valence-electron chi connectivity index (χ0n) is 19.2. The second-order valence-corrected chi connectivity index (χ2v) is 11.6. The Morgan fingerprint density at radius 3 is 2.48 bits per heavy atom. The number of phenolic OH excluding ortho intramolecular Hbond substituents is 1. The molecule has 168 valence electrons. The third-order valence-corrected chi connectivity index (χ3v) is 9.41. The van der Waals surface area contributed by atoms with Gasteiger partial charge < -0.3 is 10.0 Å². The highest BCUT2D eigenvalue weighted by molar-refractivity contribution is 7.88. The molecule has 5 nitrogen and oxygen atoms in total. The van der Waals surface area contributed by atoms with Gasteiger partial charge in [0, 0.05) is 30.5 Å². The molecule has 3 aliphatic rings. The molecular formula is C25H34N2O3S. The zero-order chi connectivity index (χ0) is 22.6. The van der Waals surface area contributed by atoms with E-state index in [4.69, 9.17) is 0 Å². The Bertz CT molecular complexity index is 1070. The molecule has 0 radical (unpaired) electrons.